The molecule has 7 nitrogen and oxygen atoms in total. The van der Waals surface area contributed by atoms with Crippen molar-refractivity contribution >= 4 is 11.9 Å². The molecule has 0 spiro atoms. The summed E-state index contributed by atoms with van der Waals surface area (Å²) in [6.45, 7) is 5.01. The molecule has 21 heavy (non-hydrogen) atoms. The fraction of sp³-hybridized carbons (Fsp3) is 0.571. The van der Waals surface area contributed by atoms with Crippen LogP contribution < -0.4 is 10.6 Å². The van der Waals surface area contributed by atoms with Crippen LogP contribution in [0.4, 0.5) is 11.9 Å². The largest absolute Gasteiger partial charge is 0.354 e. The molecule has 2 heterocycles. The number of aromatic nitrogens is 5. The number of nitrogens with zero attached hydrogens (tertiary/aromatic N) is 5. The van der Waals surface area contributed by atoms with E-state index >= 15 is 0 Å². The van der Waals surface area contributed by atoms with Gasteiger partial charge in [0.1, 0.15) is 0 Å². The zero-order valence-electron chi connectivity index (χ0n) is 12.5. The lowest BCUT2D eigenvalue weighted by atomic mass is 10.0. The van der Waals surface area contributed by atoms with Crippen molar-refractivity contribution in [3.8, 4) is 5.95 Å². The molecule has 0 aliphatic heterocycles. The van der Waals surface area contributed by atoms with E-state index in [1.54, 1.807) is 10.9 Å². The molecule has 2 N–H and O–H groups in total. The molecule has 1 fully saturated rings. The molecule has 0 unspecified atom stereocenters. The van der Waals surface area contributed by atoms with Crippen molar-refractivity contribution in [3.63, 3.8) is 0 Å². The van der Waals surface area contributed by atoms with E-state index in [0.29, 0.717) is 17.8 Å². The van der Waals surface area contributed by atoms with E-state index in [1.807, 2.05) is 19.2 Å². The van der Waals surface area contributed by atoms with E-state index < -0.39 is 0 Å². The van der Waals surface area contributed by atoms with Crippen molar-refractivity contribution in [2.24, 2.45) is 0 Å². The van der Waals surface area contributed by atoms with Crippen LogP contribution in [0.15, 0.2) is 18.5 Å². The molecule has 1 aliphatic rings. The molecule has 0 amide bonds. The Labute approximate surface area is 124 Å². The molecule has 1 saturated carbocycles. The third-order valence-corrected chi connectivity index (χ3v) is 3.79. The number of hydrogen-bond acceptors (Lipinski definition) is 6. The summed E-state index contributed by atoms with van der Waals surface area (Å²) in [5, 5.41) is 10.8. The lowest BCUT2D eigenvalue weighted by molar-refractivity contribution is 0.527. The number of anilines is 2. The minimum Gasteiger partial charge on any atom is -0.354 e. The van der Waals surface area contributed by atoms with Crippen molar-refractivity contribution in [2.45, 2.75) is 45.1 Å². The smallest absolute Gasteiger partial charge is 0.257 e. The summed E-state index contributed by atoms with van der Waals surface area (Å²) in [6, 6.07) is 1.85. The van der Waals surface area contributed by atoms with Crippen LogP contribution in [-0.4, -0.2) is 36.8 Å². The second-order valence-electron chi connectivity index (χ2n) is 5.66. The maximum Gasteiger partial charge on any atom is 0.257 e. The summed E-state index contributed by atoms with van der Waals surface area (Å²) in [5.74, 6) is 1.70. The molecule has 7 heteroatoms. The number of hydrogen-bond donors (Lipinski definition) is 2. The predicted molar refractivity (Wildman–Crippen MR) is 81.6 cm³/mol. The molecule has 3 rings (SSSR count). The van der Waals surface area contributed by atoms with Crippen LogP contribution >= 0.6 is 0 Å². The lowest BCUT2D eigenvalue weighted by Crippen LogP contribution is -2.32. The van der Waals surface area contributed by atoms with Gasteiger partial charge in [-0.3, -0.25) is 0 Å². The highest BCUT2D eigenvalue weighted by Gasteiger charge is 2.29. The first-order chi connectivity index (χ1) is 10.2. The Morgan fingerprint density at radius 3 is 2.62 bits per heavy atom. The summed E-state index contributed by atoms with van der Waals surface area (Å²) in [7, 11) is 0. The Balaban J connectivity index is 1.91. The van der Waals surface area contributed by atoms with Crippen molar-refractivity contribution < 1.29 is 0 Å². The molecule has 0 saturated heterocycles. The Morgan fingerprint density at radius 2 is 1.95 bits per heavy atom. The second kappa shape index (κ2) is 5.67. The van der Waals surface area contributed by atoms with Gasteiger partial charge in [0.05, 0.1) is 0 Å². The average molecular weight is 287 g/mol. The molecule has 0 bridgehead atoms. The third kappa shape index (κ3) is 3.12. The predicted octanol–water partition coefficient (Wildman–Crippen LogP) is 2.23. The first kappa shape index (κ1) is 13.8. The zero-order chi connectivity index (χ0) is 14.7. The average Bonchev–Trinajstić information content (AvgIpc) is 3.10. The second-order valence-corrected chi connectivity index (χ2v) is 5.66. The van der Waals surface area contributed by atoms with Crippen LogP contribution in [0.3, 0.4) is 0 Å². The summed E-state index contributed by atoms with van der Waals surface area (Å²) in [5.41, 5.74) is 0.0756. The monoisotopic (exact) mass is 287 g/mol. The summed E-state index contributed by atoms with van der Waals surface area (Å²) >= 11 is 0. The summed E-state index contributed by atoms with van der Waals surface area (Å²) < 4.78 is 1.64. The fourth-order valence-corrected chi connectivity index (χ4v) is 2.70. The van der Waals surface area contributed by atoms with Gasteiger partial charge in [0.15, 0.2) is 0 Å². The SMILES string of the molecule is CCNc1nc(NC2(C)CCCC2)nc(-n2cccn2)n1. The summed E-state index contributed by atoms with van der Waals surface area (Å²) in [4.78, 5) is 13.3. The minimum absolute atomic E-state index is 0.0756. The highest BCUT2D eigenvalue weighted by atomic mass is 15.4. The van der Waals surface area contributed by atoms with Crippen LogP contribution in [0.2, 0.25) is 0 Å². The zero-order valence-corrected chi connectivity index (χ0v) is 12.5. The van der Waals surface area contributed by atoms with E-state index in [-0.39, 0.29) is 5.54 Å². The van der Waals surface area contributed by atoms with Crippen LogP contribution in [0, 0.1) is 0 Å². The van der Waals surface area contributed by atoms with Crippen LogP contribution in [0.25, 0.3) is 5.95 Å². The molecule has 0 aromatic carbocycles. The van der Waals surface area contributed by atoms with Crippen molar-refractivity contribution in [1.29, 1.82) is 0 Å². The van der Waals surface area contributed by atoms with Gasteiger partial charge in [-0.05, 0) is 32.8 Å². The van der Waals surface area contributed by atoms with Gasteiger partial charge in [0.25, 0.3) is 5.95 Å². The van der Waals surface area contributed by atoms with E-state index in [9.17, 15) is 0 Å². The standard InChI is InChI=1S/C14H21N7/c1-3-15-11-17-12(20-14(2)7-4-5-8-14)19-13(18-11)21-10-6-9-16-21/h6,9-10H,3-5,7-8H2,1-2H3,(H2,15,17,18,19,20). The van der Waals surface area contributed by atoms with Gasteiger partial charge in [-0.25, -0.2) is 4.68 Å². The molecule has 2 aromatic rings. The Morgan fingerprint density at radius 1 is 1.19 bits per heavy atom. The topological polar surface area (TPSA) is 80.5 Å². The third-order valence-electron chi connectivity index (χ3n) is 3.79. The van der Waals surface area contributed by atoms with Crippen LogP contribution in [0.1, 0.15) is 39.5 Å². The Kier molecular flexibility index (Phi) is 3.72. The normalized spacial score (nSPS) is 16.9. The first-order valence-electron chi connectivity index (χ1n) is 7.47. The molecular formula is C14H21N7. The van der Waals surface area contributed by atoms with Crippen molar-refractivity contribution in [1.82, 2.24) is 24.7 Å². The first-order valence-corrected chi connectivity index (χ1v) is 7.47. The van der Waals surface area contributed by atoms with Gasteiger partial charge in [-0.2, -0.15) is 20.1 Å². The van der Waals surface area contributed by atoms with Gasteiger partial charge in [-0.1, -0.05) is 12.8 Å². The fourth-order valence-electron chi connectivity index (χ4n) is 2.70. The van der Waals surface area contributed by atoms with Crippen molar-refractivity contribution in [2.75, 3.05) is 17.2 Å². The van der Waals surface area contributed by atoms with Gasteiger partial charge >= 0.3 is 0 Å². The molecule has 2 aromatic heterocycles. The molecule has 0 atom stereocenters. The Bertz CT molecular complexity index is 587. The van der Waals surface area contributed by atoms with E-state index in [0.717, 1.165) is 19.4 Å². The van der Waals surface area contributed by atoms with Gasteiger partial charge < -0.3 is 10.6 Å². The van der Waals surface area contributed by atoms with Gasteiger partial charge in [0, 0.05) is 24.5 Å². The van der Waals surface area contributed by atoms with Crippen LogP contribution in [-0.2, 0) is 0 Å². The van der Waals surface area contributed by atoms with Crippen LogP contribution in [0.5, 0.6) is 0 Å². The molecular weight excluding hydrogens is 266 g/mol. The maximum atomic E-state index is 4.49. The van der Waals surface area contributed by atoms with Gasteiger partial charge in [0.2, 0.25) is 11.9 Å². The maximum absolute atomic E-state index is 4.49. The quantitative estimate of drug-likeness (QED) is 0.877. The highest BCUT2D eigenvalue weighted by Crippen LogP contribution is 2.31. The summed E-state index contributed by atoms with van der Waals surface area (Å²) in [6.07, 6.45) is 8.33. The Hall–Kier alpha value is -2.18. The van der Waals surface area contributed by atoms with E-state index in [1.165, 1.54) is 12.8 Å². The lowest BCUT2D eigenvalue weighted by Gasteiger charge is -2.25. The number of rotatable bonds is 5. The van der Waals surface area contributed by atoms with E-state index in [2.05, 4.69) is 37.6 Å². The minimum atomic E-state index is 0.0756. The highest BCUT2D eigenvalue weighted by molar-refractivity contribution is 5.39. The molecule has 0 radical (unpaired) electrons. The van der Waals surface area contributed by atoms with Crippen molar-refractivity contribution in [3.05, 3.63) is 18.5 Å². The number of nitrogens with one attached hydrogen (secondary N) is 2. The molecule has 112 valence electrons. The molecule has 1 aliphatic carbocycles. The van der Waals surface area contributed by atoms with Gasteiger partial charge in [-0.15, -0.1) is 0 Å². The van der Waals surface area contributed by atoms with E-state index in [4.69, 9.17) is 0 Å².